The smallest absolute Gasteiger partial charge is 0.126 e. The van der Waals surface area contributed by atoms with Gasteiger partial charge in [0.1, 0.15) is 5.78 Å². The van der Waals surface area contributed by atoms with Crippen LogP contribution < -0.4 is 0 Å². The van der Waals surface area contributed by atoms with Crippen molar-refractivity contribution in [3.8, 4) is 0 Å². The molecule has 0 heterocycles. The molecule has 0 radical (unpaired) electrons. The fraction of sp³-hybridized carbons (Fsp3) is 0.300. The standard InChI is InChI=1S/C6H5Cl.C3H6O.CH2Cl2/c7-6-4-2-1-3-5-6;1-3(2)4;2-1-3/h1-5H;1-2H3;1H2. The summed E-state index contributed by atoms with van der Waals surface area (Å²) >= 11 is 15.1. The van der Waals surface area contributed by atoms with Gasteiger partial charge in [-0.1, -0.05) is 29.8 Å². The Morgan fingerprint density at radius 1 is 1.14 bits per heavy atom. The predicted molar refractivity (Wildman–Crippen MR) is 64.4 cm³/mol. The van der Waals surface area contributed by atoms with Gasteiger partial charge in [0, 0.05) is 5.02 Å². The van der Waals surface area contributed by atoms with Crippen molar-refractivity contribution in [1.82, 2.24) is 0 Å². The molecule has 0 aliphatic carbocycles. The highest BCUT2D eigenvalue weighted by molar-refractivity contribution is 6.40. The van der Waals surface area contributed by atoms with E-state index in [-0.39, 0.29) is 11.1 Å². The molecule has 1 rings (SSSR count). The molecule has 0 aromatic heterocycles. The molecular formula is C10H13Cl3O. The van der Waals surface area contributed by atoms with E-state index in [2.05, 4.69) is 0 Å². The summed E-state index contributed by atoms with van der Waals surface area (Å²) in [7, 11) is 0. The Hall–Kier alpha value is -0.240. The second kappa shape index (κ2) is 12.8. The first kappa shape index (κ1) is 16.2. The molecule has 80 valence electrons. The average molecular weight is 256 g/mol. The molecule has 0 saturated heterocycles. The zero-order valence-electron chi connectivity index (χ0n) is 8.14. The van der Waals surface area contributed by atoms with Crippen LogP contribution in [0.2, 0.25) is 5.02 Å². The van der Waals surface area contributed by atoms with Crippen molar-refractivity contribution in [3.63, 3.8) is 0 Å². The van der Waals surface area contributed by atoms with Crippen LogP contribution >= 0.6 is 34.8 Å². The molecule has 1 aromatic carbocycles. The fourth-order valence-corrected chi connectivity index (χ4v) is 0.560. The summed E-state index contributed by atoms with van der Waals surface area (Å²) < 4.78 is 0. The predicted octanol–water partition coefficient (Wildman–Crippen LogP) is 4.36. The van der Waals surface area contributed by atoms with Crippen molar-refractivity contribution in [2.24, 2.45) is 0 Å². The largest absolute Gasteiger partial charge is 0.300 e. The lowest BCUT2D eigenvalue weighted by Crippen LogP contribution is -1.69. The third-order valence-electron chi connectivity index (χ3n) is 0.733. The minimum Gasteiger partial charge on any atom is -0.300 e. The molecular weight excluding hydrogens is 242 g/mol. The van der Waals surface area contributed by atoms with Crippen molar-refractivity contribution in [1.29, 1.82) is 0 Å². The fourth-order valence-electron chi connectivity index (χ4n) is 0.415. The van der Waals surface area contributed by atoms with Crippen LogP contribution in [0, 0.1) is 0 Å². The number of carbonyl (C=O) groups is 1. The summed E-state index contributed by atoms with van der Waals surface area (Å²) in [6.07, 6.45) is 0. The van der Waals surface area contributed by atoms with Gasteiger partial charge in [0.05, 0.1) is 5.34 Å². The third-order valence-corrected chi connectivity index (χ3v) is 0.985. The minimum atomic E-state index is 0.167. The number of halogens is 3. The Bertz CT molecular complexity index is 220. The van der Waals surface area contributed by atoms with E-state index < -0.39 is 0 Å². The second-order valence-corrected chi connectivity index (χ2v) is 3.55. The van der Waals surface area contributed by atoms with Gasteiger partial charge in [-0.3, -0.25) is 0 Å². The van der Waals surface area contributed by atoms with E-state index in [9.17, 15) is 4.79 Å². The Morgan fingerprint density at radius 3 is 1.57 bits per heavy atom. The van der Waals surface area contributed by atoms with E-state index >= 15 is 0 Å². The van der Waals surface area contributed by atoms with Gasteiger partial charge in [-0.2, -0.15) is 0 Å². The first-order valence-corrected chi connectivity index (χ1v) is 5.29. The van der Waals surface area contributed by atoms with Crippen molar-refractivity contribution < 1.29 is 4.79 Å². The molecule has 0 saturated carbocycles. The Morgan fingerprint density at radius 2 is 1.43 bits per heavy atom. The number of ketones is 1. The monoisotopic (exact) mass is 254 g/mol. The summed E-state index contributed by atoms with van der Waals surface area (Å²) in [5.41, 5.74) is 0. The second-order valence-electron chi connectivity index (χ2n) is 2.30. The van der Waals surface area contributed by atoms with Gasteiger partial charge >= 0.3 is 0 Å². The Balaban J connectivity index is 0. The molecule has 14 heavy (non-hydrogen) atoms. The molecule has 0 N–H and O–H groups in total. The lowest BCUT2D eigenvalue weighted by atomic mass is 10.4. The molecule has 0 spiro atoms. The van der Waals surface area contributed by atoms with Gasteiger partial charge in [-0.25, -0.2) is 0 Å². The SMILES string of the molecule is CC(C)=O.ClCCl.Clc1ccccc1. The molecule has 1 nitrogen and oxygen atoms in total. The quantitative estimate of drug-likeness (QED) is 0.630. The van der Waals surface area contributed by atoms with Gasteiger partial charge in [0.15, 0.2) is 0 Å². The highest BCUT2D eigenvalue weighted by Gasteiger charge is 1.74. The zero-order valence-corrected chi connectivity index (χ0v) is 10.4. The highest BCUT2D eigenvalue weighted by atomic mass is 35.5. The summed E-state index contributed by atoms with van der Waals surface area (Å²) in [5, 5.41) is 0.988. The van der Waals surface area contributed by atoms with Crippen molar-refractivity contribution >= 4 is 40.6 Å². The number of hydrogen-bond acceptors (Lipinski definition) is 1. The van der Waals surface area contributed by atoms with E-state index in [0.717, 1.165) is 5.02 Å². The molecule has 4 heteroatoms. The number of Topliss-reactive ketones (excluding diaryl/α,β-unsaturated/α-hetero) is 1. The maximum absolute atomic E-state index is 9.44. The first-order valence-electron chi connectivity index (χ1n) is 3.84. The highest BCUT2D eigenvalue weighted by Crippen LogP contribution is 2.03. The minimum absolute atomic E-state index is 0.167. The lowest BCUT2D eigenvalue weighted by molar-refractivity contribution is -0.114. The van der Waals surface area contributed by atoms with E-state index in [1.807, 2.05) is 30.3 Å². The van der Waals surface area contributed by atoms with Crippen LogP contribution in [-0.2, 0) is 4.79 Å². The van der Waals surface area contributed by atoms with Crippen LogP contribution in [0.5, 0.6) is 0 Å². The summed E-state index contributed by atoms with van der Waals surface area (Å²) in [4.78, 5) is 9.44. The number of rotatable bonds is 0. The summed E-state index contributed by atoms with van der Waals surface area (Å²) in [6.45, 7) is 3.06. The van der Waals surface area contributed by atoms with Gasteiger partial charge in [-0.05, 0) is 26.0 Å². The summed E-state index contributed by atoms with van der Waals surface area (Å²) in [6, 6.07) is 9.44. The van der Waals surface area contributed by atoms with E-state index in [4.69, 9.17) is 34.8 Å². The first-order chi connectivity index (χ1) is 6.54. The van der Waals surface area contributed by atoms with Crippen LogP contribution in [0.1, 0.15) is 13.8 Å². The van der Waals surface area contributed by atoms with Crippen molar-refractivity contribution in [2.75, 3.05) is 5.34 Å². The van der Waals surface area contributed by atoms with Crippen LogP contribution in [0.25, 0.3) is 0 Å². The molecule has 0 aliphatic heterocycles. The number of hydrogen-bond donors (Lipinski definition) is 0. The Kier molecular flexibility index (Phi) is 14.8. The third kappa shape index (κ3) is 22.6. The van der Waals surface area contributed by atoms with Crippen LogP contribution in [0.3, 0.4) is 0 Å². The molecule has 0 amide bonds. The van der Waals surface area contributed by atoms with Crippen LogP contribution in [-0.4, -0.2) is 11.1 Å². The van der Waals surface area contributed by atoms with Crippen molar-refractivity contribution in [3.05, 3.63) is 35.4 Å². The number of alkyl halides is 2. The van der Waals surface area contributed by atoms with Crippen LogP contribution in [0.4, 0.5) is 0 Å². The van der Waals surface area contributed by atoms with Crippen molar-refractivity contribution in [2.45, 2.75) is 13.8 Å². The normalized spacial score (nSPS) is 7.50. The summed E-state index contributed by atoms with van der Waals surface area (Å²) in [5.74, 6) is 0.167. The van der Waals surface area contributed by atoms with Crippen LogP contribution in [0.15, 0.2) is 30.3 Å². The van der Waals surface area contributed by atoms with Gasteiger partial charge < -0.3 is 4.79 Å². The molecule has 0 unspecified atom stereocenters. The zero-order chi connectivity index (χ0) is 11.4. The molecule has 0 bridgehead atoms. The topological polar surface area (TPSA) is 17.1 Å². The Labute approximate surface area is 100.0 Å². The number of benzene rings is 1. The molecule has 0 aliphatic rings. The van der Waals surface area contributed by atoms with E-state index in [1.54, 1.807) is 0 Å². The van der Waals surface area contributed by atoms with Gasteiger partial charge in [-0.15, -0.1) is 23.2 Å². The maximum Gasteiger partial charge on any atom is 0.126 e. The molecule has 1 aromatic rings. The van der Waals surface area contributed by atoms with E-state index in [1.165, 1.54) is 13.8 Å². The number of carbonyl (C=O) groups excluding carboxylic acids is 1. The average Bonchev–Trinajstić information content (AvgIpc) is 2.05. The molecule has 0 fully saturated rings. The van der Waals surface area contributed by atoms with Gasteiger partial charge in [0.2, 0.25) is 0 Å². The maximum atomic E-state index is 9.44. The lowest BCUT2D eigenvalue weighted by Gasteiger charge is -1.80. The molecule has 0 atom stereocenters. The van der Waals surface area contributed by atoms with Gasteiger partial charge in [0.25, 0.3) is 0 Å². The van der Waals surface area contributed by atoms with E-state index in [0.29, 0.717) is 0 Å².